The highest BCUT2D eigenvalue weighted by Gasteiger charge is 2.19. The third-order valence-corrected chi connectivity index (χ3v) is 4.60. The smallest absolute Gasteiger partial charge is 0.213 e. The number of hydrogen-bond donors (Lipinski definition) is 2. The molecule has 3 aromatic rings. The summed E-state index contributed by atoms with van der Waals surface area (Å²) in [6, 6.07) is 15.4. The molecule has 0 saturated carbocycles. The molecular formula is C24H31IN4O3. The minimum absolute atomic E-state index is 0. The van der Waals surface area contributed by atoms with Gasteiger partial charge in [0.2, 0.25) is 5.89 Å². The van der Waals surface area contributed by atoms with Crippen LogP contribution in [0.3, 0.4) is 0 Å². The van der Waals surface area contributed by atoms with Gasteiger partial charge in [-0.2, -0.15) is 0 Å². The molecule has 0 fully saturated rings. The van der Waals surface area contributed by atoms with Crippen LogP contribution in [0.2, 0.25) is 0 Å². The highest BCUT2D eigenvalue weighted by molar-refractivity contribution is 14.0. The highest BCUT2D eigenvalue weighted by atomic mass is 127. The number of ether oxygens (including phenoxy) is 2. The van der Waals surface area contributed by atoms with Crippen LogP contribution in [0.4, 0.5) is 0 Å². The molecule has 0 aliphatic rings. The van der Waals surface area contributed by atoms with Crippen LogP contribution in [-0.2, 0) is 18.5 Å². The molecule has 32 heavy (non-hydrogen) atoms. The van der Waals surface area contributed by atoms with Crippen LogP contribution in [0.25, 0.3) is 0 Å². The van der Waals surface area contributed by atoms with Crippen LogP contribution < -0.4 is 20.1 Å². The first-order chi connectivity index (χ1) is 14.9. The van der Waals surface area contributed by atoms with Gasteiger partial charge in [-0.15, -0.1) is 24.0 Å². The maximum absolute atomic E-state index is 5.92. The number of nitrogens with zero attached hydrogens (tertiary/aromatic N) is 2. The van der Waals surface area contributed by atoms with Crippen molar-refractivity contribution in [3.63, 3.8) is 0 Å². The Morgan fingerprint density at radius 1 is 1.00 bits per heavy atom. The molecule has 0 unspecified atom stereocenters. The van der Waals surface area contributed by atoms with E-state index in [4.69, 9.17) is 13.9 Å². The Labute approximate surface area is 206 Å². The maximum atomic E-state index is 5.92. The number of aromatic nitrogens is 1. The van der Waals surface area contributed by atoms with E-state index >= 15 is 0 Å². The van der Waals surface area contributed by atoms with Crippen molar-refractivity contribution in [2.45, 2.75) is 39.3 Å². The van der Waals surface area contributed by atoms with Gasteiger partial charge in [0, 0.05) is 19.0 Å². The normalized spacial score (nSPS) is 11.5. The van der Waals surface area contributed by atoms with Crippen LogP contribution >= 0.6 is 24.0 Å². The zero-order chi connectivity index (χ0) is 22.3. The summed E-state index contributed by atoms with van der Waals surface area (Å²) in [6.07, 6.45) is 1.78. The molecule has 0 aliphatic heterocycles. The van der Waals surface area contributed by atoms with Crippen molar-refractivity contribution in [1.82, 2.24) is 15.6 Å². The van der Waals surface area contributed by atoms with Gasteiger partial charge in [-0.3, -0.25) is 4.99 Å². The van der Waals surface area contributed by atoms with E-state index in [1.165, 1.54) is 0 Å². The number of nitrogens with one attached hydrogen (secondary N) is 2. The van der Waals surface area contributed by atoms with Gasteiger partial charge >= 0.3 is 0 Å². The van der Waals surface area contributed by atoms with Crippen molar-refractivity contribution in [2.24, 2.45) is 4.99 Å². The predicted molar refractivity (Wildman–Crippen MR) is 137 cm³/mol. The monoisotopic (exact) mass is 550 g/mol. The molecule has 0 bridgehead atoms. The van der Waals surface area contributed by atoms with Crippen molar-refractivity contribution in [3.05, 3.63) is 71.9 Å². The Morgan fingerprint density at radius 3 is 2.25 bits per heavy atom. The van der Waals surface area contributed by atoms with E-state index in [2.05, 4.69) is 41.4 Å². The molecule has 0 radical (unpaired) electrons. The molecule has 3 rings (SSSR count). The average molecular weight is 550 g/mol. The van der Waals surface area contributed by atoms with E-state index in [1.54, 1.807) is 20.4 Å². The van der Waals surface area contributed by atoms with E-state index in [0.717, 1.165) is 17.1 Å². The molecule has 0 amide bonds. The second-order valence-corrected chi connectivity index (χ2v) is 8.04. The minimum atomic E-state index is -0.0628. The Balaban J connectivity index is 0.00000363. The van der Waals surface area contributed by atoms with E-state index in [9.17, 15) is 0 Å². The molecule has 0 saturated heterocycles. The van der Waals surface area contributed by atoms with E-state index in [-0.39, 0.29) is 29.4 Å². The Kier molecular flexibility index (Phi) is 9.37. The van der Waals surface area contributed by atoms with Crippen molar-refractivity contribution in [2.75, 3.05) is 14.2 Å². The van der Waals surface area contributed by atoms with E-state index < -0.39 is 0 Å². The van der Waals surface area contributed by atoms with Crippen LogP contribution in [0.15, 0.2) is 64.1 Å². The molecule has 0 aliphatic carbocycles. The summed E-state index contributed by atoms with van der Waals surface area (Å²) in [7, 11) is 3.36. The lowest BCUT2D eigenvalue weighted by molar-refractivity contribution is 0.379. The van der Waals surface area contributed by atoms with Crippen molar-refractivity contribution < 1.29 is 13.9 Å². The van der Waals surface area contributed by atoms with Gasteiger partial charge < -0.3 is 24.5 Å². The largest absolute Gasteiger partial charge is 0.493 e. The number of halogens is 1. The Hall–Kier alpha value is -2.75. The van der Waals surface area contributed by atoms with E-state index in [0.29, 0.717) is 36.4 Å². The first-order valence-corrected chi connectivity index (χ1v) is 10.2. The fourth-order valence-corrected chi connectivity index (χ4v) is 2.81. The lowest BCUT2D eigenvalue weighted by atomic mass is 9.94. The zero-order valence-electron chi connectivity index (χ0n) is 19.1. The molecule has 0 spiro atoms. The molecule has 2 N–H and O–H groups in total. The summed E-state index contributed by atoms with van der Waals surface area (Å²) in [5.74, 6) is 4.29. The maximum Gasteiger partial charge on any atom is 0.213 e. The highest BCUT2D eigenvalue weighted by Crippen LogP contribution is 2.30. The van der Waals surface area contributed by atoms with Crippen LogP contribution in [-0.4, -0.2) is 25.1 Å². The fourth-order valence-electron chi connectivity index (χ4n) is 2.81. The van der Waals surface area contributed by atoms with Crippen molar-refractivity contribution in [3.8, 4) is 17.2 Å². The van der Waals surface area contributed by atoms with Gasteiger partial charge in [-0.05, 0) is 29.8 Å². The summed E-state index contributed by atoms with van der Waals surface area (Å²) in [4.78, 5) is 8.58. The summed E-state index contributed by atoms with van der Waals surface area (Å²) in [6.45, 7) is 7.36. The van der Waals surface area contributed by atoms with Gasteiger partial charge in [-0.25, -0.2) is 4.98 Å². The third kappa shape index (κ3) is 7.15. The van der Waals surface area contributed by atoms with Gasteiger partial charge in [-0.1, -0.05) is 45.0 Å². The number of guanidine groups is 1. The second-order valence-electron chi connectivity index (χ2n) is 8.04. The quantitative estimate of drug-likeness (QED) is 0.238. The molecule has 1 heterocycles. The molecule has 7 nitrogen and oxygen atoms in total. The Bertz CT molecular complexity index is 1010. The fraction of sp³-hybridized carbons (Fsp3) is 0.333. The number of benzene rings is 2. The molecular weight excluding hydrogens is 519 g/mol. The summed E-state index contributed by atoms with van der Waals surface area (Å²) >= 11 is 0. The molecule has 8 heteroatoms. The molecule has 1 aromatic heterocycles. The lowest BCUT2D eigenvalue weighted by Crippen LogP contribution is -2.36. The number of rotatable bonds is 7. The van der Waals surface area contributed by atoms with Gasteiger partial charge in [0.05, 0.1) is 19.9 Å². The molecule has 2 aromatic carbocycles. The van der Waals surface area contributed by atoms with Crippen molar-refractivity contribution >= 4 is 29.9 Å². The van der Waals surface area contributed by atoms with Gasteiger partial charge in [0.15, 0.2) is 17.5 Å². The minimum Gasteiger partial charge on any atom is -0.493 e. The Morgan fingerprint density at radius 2 is 1.66 bits per heavy atom. The average Bonchev–Trinajstić information content (AvgIpc) is 3.25. The van der Waals surface area contributed by atoms with Crippen molar-refractivity contribution in [1.29, 1.82) is 0 Å². The first kappa shape index (κ1) is 25.5. The zero-order valence-corrected chi connectivity index (χ0v) is 21.5. The third-order valence-electron chi connectivity index (χ3n) is 4.60. The topological polar surface area (TPSA) is 80.9 Å². The number of para-hydroxylation sites is 2. The number of aliphatic imine (C=N–C) groups is 1. The summed E-state index contributed by atoms with van der Waals surface area (Å²) in [5, 5.41) is 6.51. The first-order valence-electron chi connectivity index (χ1n) is 10.2. The predicted octanol–water partition coefficient (Wildman–Crippen LogP) is 5.26. The SMILES string of the molecule is CN=C(NCc1ccc(Oc2ccccc2OC)cc1)NCc1ncc(C(C)(C)C)o1.I. The van der Waals surface area contributed by atoms with E-state index in [1.807, 2.05) is 48.5 Å². The number of hydrogen-bond acceptors (Lipinski definition) is 5. The number of oxazole rings is 1. The second kappa shape index (κ2) is 11.8. The van der Waals surface area contributed by atoms with Gasteiger partial charge in [0.1, 0.15) is 11.5 Å². The lowest BCUT2D eigenvalue weighted by Gasteiger charge is -2.13. The van der Waals surface area contributed by atoms with Gasteiger partial charge in [0.25, 0.3) is 0 Å². The summed E-state index contributed by atoms with van der Waals surface area (Å²) < 4.78 is 17.0. The summed E-state index contributed by atoms with van der Waals surface area (Å²) in [5.41, 5.74) is 1.04. The van der Waals surface area contributed by atoms with Crippen LogP contribution in [0.1, 0.15) is 38.0 Å². The standard InChI is InChI=1S/C24H30N4O3.HI/c1-24(2,3)21-15-26-22(31-21)16-28-23(25-4)27-14-17-10-12-18(13-11-17)30-20-9-7-6-8-19(20)29-5;/h6-13,15H,14,16H2,1-5H3,(H2,25,27,28);1H. The molecule has 172 valence electrons. The number of methoxy groups -OCH3 is 1. The molecule has 0 atom stereocenters. The van der Waals surface area contributed by atoms with Crippen LogP contribution in [0, 0.1) is 0 Å². The van der Waals surface area contributed by atoms with Crippen LogP contribution in [0.5, 0.6) is 17.2 Å².